The predicted octanol–water partition coefficient (Wildman–Crippen LogP) is 3.59. The minimum atomic E-state index is -0.368. The Kier molecular flexibility index (Phi) is 6.88. The summed E-state index contributed by atoms with van der Waals surface area (Å²) < 4.78 is 5.31. The van der Waals surface area contributed by atoms with Crippen LogP contribution in [0.1, 0.15) is 24.8 Å². The molecule has 1 saturated carbocycles. The molecule has 0 amide bonds. The average molecular weight is 421 g/mol. The summed E-state index contributed by atoms with van der Waals surface area (Å²) in [5.74, 6) is 1.13. The van der Waals surface area contributed by atoms with Crippen molar-refractivity contribution in [1.82, 2.24) is 4.90 Å². The highest BCUT2D eigenvalue weighted by atomic mass is 79.9. The number of benzene rings is 1. The van der Waals surface area contributed by atoms with Crippen LogP contribution in [-0.4, -0.2) is 43.3 Å². The molecule has 3 nitrogen and oxygen atoms in total. The van der Waals surface area contributed by atoms with E-state index in [1.807, 2.05) is 32.3 Å². The second-order valence-corrected chi connectivity index (χ2v) is 6.84. The zero-order valence-electron chi connectivity index (χ0n) is 12.8. The summed E-state index contributed by atoms with van der Waals surface area (Å²) in [4.78, 5) is 14.9. The van der Waals surface area contributed by atoms with Gasteiger partial charge in [-0.3, -0.25) is 4.79 Å². The molecule has 0 N–H and O–H groups in total. The van der Waals surface area contributed by atoms with E-state index >= 15 is 0 Å². The van der Waals surface area contributed by atoms with Crippen molar-refractivity contribution >= 4 is 38.7 Å². The van der Waals surface area contributed by atoms with Gasteiger partial charge in [0.25, 0.3) is 0 Å². The molecule has 1 aliphatic carbocycles. The third kappa shape index (κ3) is 3.88. The molecule has 1 aliphatic rings. The number of alkyl halides is 1. The first-order valence-electron chi connectivity index (χ1n) is 6.97. The summed E-state index contributed by atoms with van der Waals surface area (Å²) in [6, 6.07) is 7.97. The molecule has 0 aliphatic heterocycles. The molecule has 1 aromatic carbocycles. The number of carbonyl (C=O) groups is 1. The van der Waals surface area contributed by atoms with Gasteiger partial charge in [0.05, 0.1) is 17.4 Å². The van der Waals surface area contributed by atoms with Crippen molar-refractivity contribution in [3.8, 4) is 5.75 Å². The summed E-state index contributed by atoms with van der Waals surface area (Å²) in [5.41, 5.74) is 0.720. The normalized spacial score (nSPS) is 25.0. The second-order valence-electron chi connectivity index (χ2n) is 5.74. The van der Waals surface area contributed by atoms with E-state index < -0.39 is 0 Å². The highest BCUT2D eigenvalue weighted by Gasteiger charge is 2.47. The van der Waals surface area contributed by atoms with Crippen LogP contribution < -0.4 is 4.74 Å². The van der Waals surface area contributed by atoms with Crippen LogP contribution in [0.2, 0.25) is 0 Å². The predicted molar refractivity (Wildman–Crippen MR) is 95.1 cm³/mol. The van der Waals surface area contributed by atoms with Gasteiger partial charge in [-0.05, 0) is 57.6 Å². The number of ketones is 1. The summed E-state index contributed by atoms with van der Waals surface area (Å²) in [7, 11) is 5.75. The number of methoxy groups -OCH3 is 1. The summed E-state index contributed by atoms with van der Waals surface area (Å²) in [6.45, 7) is 0.905. The Labute approximate surface area is 145 Å². The van der Waals surface area contributed by atoms with E-state index in [9.17, 15) is 4.79 Å². The molecule has 0 saturated heterocycles. The molecule has 2 unspecified atom stereocenters. The molecular weight excluding hydrogens is 398 g/mol. The number of carbonyl (C=O) groups excluding carboxylic acids is 1. The zero-order valence-corrected chi connectivity index (χ0v) is 16.1. The molecule has 0 spiro atoms. The third-order valence-electron chi connectivity index (χ3n) is 4.19. The maximum Gasteiger partial charge on any atom is 0.157 e. The van der Waals surface area contributed by atoms with Crippen LogP contribution in [0.5, 0.6) is 5.75 Å². The van der Waals surface area contributed by atoms with Crippen LogP contribution in [0.15, 0.2) is 24.3 Å². The lowest BCUT2D eigenvalue weighted by Gasteiger charge is -2.30. The lowest BCUT2D eigenvalue weighted by atomic mass is 9.75. The number of ether oxygens (including phenoxy) is 1. The van der Waals surface area contributed by atoms with Crippen LogP contribution in [0.3, 0.4) is 0 Å². The van der Waals surface area contributed by atoms with E-state index in [0.717, 1.165) is 37.1 Å². The van der Waals surface area contributed by atoms with E-state index in [1.165, 1.54) is 0 Å². The van der Waals surface area contributed by atoms with Gasteiger partial charge in [0.1, 0.15) is 5.75 Å². The van der Waals surface area contributed by atoms with Crippen molar-refractivity contribution in [3.05, 3.63) is 29.8 Å². The van der Waals surface area contributed by atoms with Gasteiger partial charge in [-0.15, -0.1) is 17.0 Å². The van der Waals surface area contributed by atoms with Gasteiger partial charge in [0.2, 0.25) is 0 Å². The van der Waals surface area contributed by atoms with Gasteiger partial charge < -0.3 is 9.64 Å². The Bertz CT molecular complexity index is 493. The fourth-order valence-electron chi connectivity index (χ4n) is 2.94. The lowest BCUT2D eigenvalue weighted by Crippen LogP contribution is -2.36. The van der Waals surface area contributed by atoms with Gasteiger partial charge in [0, 0.05) is 0 Å². The number of Topliss-reactive ketones (excluding diaryl/α,β-unsaturated/α-hetero) is 1. The smallest absolute Gasteiger partial charge is 0.157 e. The molecule has 0 aromatic heterocycles. The Morgan fingerprint density at radius 1 is 1.43 bits per heavy atom. The van der Waals surface area contributed by atoms with Gasteiger partial charge in [-0.1, -0.05) is 28.1 Å². The van der Waals surface area contributed by atoms with E-state index in [0.29, 0.717) is 5.78 Å². The molecule has 1 aromatic rings. The van der Waals surface area contributed by atoms with Crippen molar-refractivity contribution in [2.75, 3.05) is 27.7 Å². The van der Waals surface area contributed by atoms with Crippen LogP contribution in [0.25, 0.3) is 0 Å². The molecule has 21 heavy (non-hydrogen) atoms. The Hall–Kier alpha value is -0.390. The van der Waals surface area contributed by atoms with Gasteiger partial charge in [-0.25, -0.2) is 0 Å². The largest absolute Gasteiger partial charge is 0.497 e. The van der Waals surface area contributed by atoms with Crippen LogP contribution >= 0.6 is 32.9 Å². The quantitative estimate of drug-likeness (QED) is 0.681. The Morgan fingerprint density at radius 2 is 2.14 bits per heavy atom. The van der Waals surface area contributed by atoms with Crippen molar-refractivity contribution in [3.63, 3.8) is 0 Å². The third-order valence-corrected chi connectivity index (χ3v) is 5.06. The Balaban J connectivity index is 0.00000220. The molecule has 118 valence electrons. The Morgan fingerprint density at radius 3 is 2.67 bits per heavy atom. The number of hydrogen-bond donors (Lipinski definition) is 0. The number of halogens is 2. The first-order chi connectivity index (χ1) is 9.49. The van der Waals surface area contributed by atoms with Crippen molar-refractivity contribution in [2.45, 2.75) is 29.5 Å². The number of hydrogen-bond acceptors (Lipinski definition) is 3. The number of nitrogens with zero attached hydrogens (tertiary/aromatic N) is 1. The van der Waals surface area contributed by atoms with E-state index in [2.05, 4.69) is 26.9 Å². The van der Waals surface area contributed by atoms with Gasteiger partial charge >= 0.3 is 0 Å². The lowest BCUT2D eigenvalue weighted by molar-refractivity contribution is -0.122. The number of rotatable bonds is 5. The maximum absolute atomic E-state index is 12.7. The fourth-order valence-corrected chi connectivity index (χ4v) is 3.61. The van der Waals surface area contributed by atoms with E-state index in [-0.39, 0.29) is 27.2 Å². The fraction of sp³-hybridized carbons (Fsp3) is 0.562. The highest BCUT2D eigenvalue weighted by molar-refractivity contribution is 9.10. The summed E-state index contributed by atoms with van der Waals surface area (Å²) in [6.07, 6.45) is 2.67. The van der Waals surface area contributed by atoms with Gasteiger partial charge in [-0.2, -0.15) is 0 Å². The standard InChI is InChI=1S/C16H22BrNO2.BrH/c1-18(2)10-9-16(8-7-14(17)15(16)19)12-5-4-6-13(11-12)20-3;/h4-6,11,14H,7-10H2,1-3H3;1H. The average Bonchev–Trinajstić information content (AvgIpc) is 2.74. The van der Waals surface area contributed by atoms with Crippen molar-refractivity contribution < 1.29 is 9.53 Å². The summed E-state index contributed by atoms with van der Waals surface area (Å²) >= 11 is 3.52. The van der Waals surface area contributed by atoms with Gasteiger partial charge in [0.15, 0.2) is 5.78 Å². The SMILES string of the molecule is Br.COc1cccc(C2(CCN(C)C)CCC(Br)C2=O)c1. The minimum absolute atomic E-state index is 0. The van der Waals surface area contributed by atoms with Crippen LogP contribution in [0.4, 0.5) is 0 Å². The topological polar surface area (TPSA) is 29.5 Å². The minimum Gasteiger partial charge on any atom is -0.497 e. The first-order valence-corrected chi connectivity index (χ1v) is 7.89. The molecule has 2 rings (SSSR count). The molecule has 0 radical (unpaired) electrons. The highest BCUT2D eigenvalue weighted by Crippen LogP contribution is 2.44. The van der Waals surface area contributed by atoms with Crippen molar-refractivity contribution in [2.24, 2.45) is 0 Å². The van der Waals surface area contributed by atoms with E-state index in [1.54, 1.807) is 7.11 Å². The molecule has 1 fully saturated rings. The zero-order chi connectivity index (χ0) is 14.8. The second kappa shape index (κ2) is 7.75. The maximum atomic E-state index is 12.7. The molecule has 2 atom stereocenters. The molecule has 5 heteroatoms. The van der Waals surface area contributed by atoms with E-state index in [4.69, 9.17) is 4.74 Å². The molecule has 0 bridgehead atoms. The molecular formula is C16H23Br2NO2. The van der Waals surface area contributed by atoms with Crippen LogP contribution in [-0.2, 0) is 10.2 Å². The first kappa shape index (κ1) is 18.7. The van der Waals surface area contributed by atoms with Crippen molar-refractivity contribution in [1.29, 1.82) is 0 Å². The monoisotopic (exact) mass is 419 g/mol. The molecule has 0 heterocycles. The van der Waals surface area contributed by atoms with Crippen LogP contribution in [0, 0.1) is 0 Å². The summed E-state index contributed by atoms with van der Waals surface area (Å²) in [5, 5.41) is 0.